The Morgan fingerprint density at radius 2 is 2.22 bits per heavy atom. The minimum Gasteiger partial charge on any atom is -0.492 e. The Morgan fingerprint density at radius 3 is 3.00 bits per heavy atom. The van der Waals surface area contributed by atoms with Crippen LogP contribution >= 0.6 is 0 Å². The maximum atomic E-state index is 5.53. The summed E-state index contributed by atoms with van der Waals surface area (Å²) in [5.74, 6) is 1.54. The quantitative estimate of drug-likeness (QED) is 0.869. The zero-order chi connectivity index (χ0) is 12.8. The molecule has 1 fully saturated rings. The highest BCUT2D eigenvalue weighted by Crippen LogP contribution is 2.33. The molecule has 2 atom stereocenters. The highest BCUT2D eigenvalue weighted by Gasteiger charge is 2.23. The molecule has 1 aliphatic carbocycles. The molecule has 1 aromatic rings. The molecule has 0 aliphatic heterocycles. The topological polar surface area (TPSA) is 34.2 Å². The van der Waals surface area contributed by atoms with Gasteiger partial charge in [-0.1, -0.05) is 13.3 Å². The van der Waals surface area contributed by atoms with Crippen molar-refractivity contribution in [1.29, 1.82) is 0 Å². The molecule has 1 aromatic heterocycles. The molecule has 0 radical (unpaired) electrons. The van der Waals surface area contributed by atoms with Crippen molar-refractivity contribution in [2.75, 3.05) is 13.2 Å². The highest BCUT2D eigenvalue weighted by atomic mass is 16.5. The molecule has 2 rings (SSSR count). The fourth-order valence-electron chi connectivity index (χ4n) is 2.87. The zero-order valence-corrected chi connectivity index (χ0v) is 11.5. The smallest absolute Gasteiger partial charge is 0.137 e. The van der Waals surface area contributed by atoms with E-state index in [0.29, 0.717) is 18.6 Å². The minimum absolute atomic E-state index is 0.635. The van der Waals surface area contributed by atoms with Crippen LogP contribution in [0.5, 0.6) is 5.75 Å². The first kappa shape index (κ1) is 13.3. The van der Waals surface area contributed by atoms with E-state index in [4.69, 9.17) is 4.74 Å². The van der Waals surface area contributed by atoms with Gasteiger partial charge in [0.15, 0.2) is 0 Å². The monoisotopic (exact) mass is 248 g/mol. The third kappa shape index (κ3) is 3.45. The van der Waals surface area contributed by atoms with Gasteiger partial charge in [0.2, 0.25) is 0 Å². The number of nitrogens with one attached hydrogen (secondary N) is 1. The number of hydrogen-bond acceptors (Lipinski definition) is 3. The largest absolute Gasteiger partial charge is 0.492 e. The molecule has 18 heavy (non-hydrogen) atoms. The van der Waals surface area contributed by atoms with Gasteiger partial charge in [0.1, 0.15) is 5.75 Å². The summed E-state index contributed by atoms with van der Waals surface area (Å²) in [6, 6.07) is 2.83. The van der Waals surface area contributed by atoms with Gasteiger partial charge in [-0.3, -0.25) is 4.98 Å². The van der Waals surface area contributed by atoms with Gasteiger partial charge in [-0.05, 0) is 50.3 Å². The molecule has 0 bridgehead atoms. The molecular weight excluding hydrogens is 224 g/mol. The summed E-state index contributed by atoms with van der Waals surface area (Å²) in [4.78, 5) is 4.30. The highest BCUT2D eigenvalue weighted by molar-refractivity contribution is 5.26. The second-order valence-electron chi connectivity index (χ2n) is 5.01. The molecular formula is C15H24N2O. The number of aromatic nitrogens is 1. The number of pyridine rings is 1. The molecule has 3 nitrogen and oxygen atoms in total. The van der Waals surface area contributed by atoms with Crippen LogP contribution in [0, 0.1) is 0 Å². The number of nitrogens with zero attached hydrogens (tertiary/aromatic N) is 1. The van der Waals surface area contributed by atoms with Crippen molar-refractivity contribution >= 4 is 0 Å². The predicted molar refractivity (Wildman–Crippen MR) is 74.1 cm³/mol. The van der Waals surface area contributed by atoms with E-state index in [1.54, 1.807) is 6.20 Å². The van der Waals surface area contributed by atoms with Gasteiger partial charge in [0.05, 0.1) is 12.8 Å². The fraction of sp³-hybridized carbons (Fsp3) is 0.667. The van der Waals surface area contributed by atoms with Crippen molar-refractivity contribution in [3.63, 3.8) is 0 Å². The van der Waals surface area contributed by atoms with E-state index in [1.807, 2.05) is 13.1 Å². The molecule has 3 heteroatoms. The Kier molecular flexibility index (Phi) is 5.00. The summed E-state index contributed by atoms with van der Waals surface area (Å²) in [5, 5.41) is 3.57. The number of ether oxygens (including phenoxy) is 1. The van der Waals surface area contributed by atoms with Gasteiger partial charge < -0.3 is 10.1 Å². The van der Waals surface area contributed by atoms with Crippen LogP contribution in [0.3, 0.4) is 0 Å². The molecule has 0 aromatic carbocycles. The van der Waals surface area contributed by atoms with Crippen LogP contribution < -0.4 is 10.1 Å². The SMILES string of the molecule is CCNC1CCCC(c2cncc(OCC)c2)C1. The van der Waals surface area contributed by atoms with Crippen molar-refractivity contribution < 1.29 is 4.74 Å². The minimum atomic E-state index is 0.635. The summed E-state index contributed by atoms with van der Waals surface area (Å²) in [7, 11) is 0. The van der Waals surface area contributed by atoms with Crippen molar-refractivity contribution in [1.82, 2.24) is 10.3 Å². The molecule has 0 spiro atoms. The van der Waals surface area contributed by atoms with Gasteiger partial charge >= 0.3 is 0 Å². The second-order valence-corrected chi connectivity index (χ2v) is 5.01. The summed E-state index contributed by atoms with van der Waals surface area (Å²) in [5.41, 5.74) is 1.34. The van der Waals surface area contributed by atoms with Crippen LogP contribution in [0.2, 0.25) is 0 Å². The summed E-state index contributed by atoms with van der Waals surface area (Å²) < 4.78 is 5.53. The molecule has 0 saturated heterocycles. The van der Waals surface area contributed by atoms with Crippen LogP contribution in [0.25, 0.3) is 0 Å². The first-order valence-electron chi connectivity index (χ1n) is 7.14. The van der Waals surface area contributed by atoms with E-state index in [-0.39, 0.29) is 0 Å². The first-order chi connectivity index (χ1) is 8.83. The van der Waals surface area contributed by atoms with Crippen molar-refractivity contribution in [2.45, 2.75) is 51.5 Å². The van der Waals surface area contributed by atoms with Gasteiger partial charge in [0.25, 0.3) is 0 Å². The molecule has 1 heterocycles. The lowest BCUT2D eigenvalue weighted by molar-refractivity contribution is 0.331. The van der Waals surface area contributed by atoms with Gasteiger partial charge in [0, 0.05) is 12.2 Å². The maximum absolute atomic E-state index is 5.53. The first-order valence-corrected chi connectivity index (χ1v) is 7.14. The van der Waals surface area contributed by atoms with Crippen LogP contribution in [-0.2, 0) is 0 Å². The normalized spacial score (nSPS) is 23.9. The molecule has 1 N–H and O–H groups in total. The average molecular weight is 248 g/mol. The fourth-order valence-corrected chi connectivity index (χ4v) is 2.87. The van der Waals surface area contributed by atoms with Gasteiger partial charge in [-0.15, -0.1) is 0 Å². The Labute approximate surface area is 110 Å². The van der Waals surface area contributed by atoms with Gasteiger partial charge in [-0.25, -0.2) is 0 Å². The molecule has 1 saturated carbocycles. The van der Waals surface area contributed by atoms with Crippen LogP contribution in [-0.4, -0.2) is 24.2 Å². The molecule has 1 aliphatic rings. The predicted octanol–water partition coefficient (Wildman–Crippen LogP) is 3.12. The molecule has 0 amide bonds. The van der Waals surface area contributed by atoms with Crippen molar-refractivity contribution in [3.05, 3.63) is 24.0 Å². The molecule has 2 unspecified atom stereocenters. The zero-order valence-electron chi connectivity index (χ0n) is 11.5. The lowest BCUT2D eigenvalue weighted by atomic mass is 9.82. The second kappa shape index (κ2) is 6.74. The van der Waals surface area contributed by atoms with E-state index in [1.165, 1.54) is 31.2 Å². The summed E-state index contributed by atoms with van der Waals surface area (Å²) >= 11 is 0. The molecule has 100 valence electrons. The summed E-state index contributed by atoms with van der Waals surface area (Å²) in [6.07, 6.45) is 8.92. The third-order valence-electron chi connectivity index (χ3n) is 3.68. The Balaban J connectivity index is 2.03. The van der Waals surface area contributed by atoms with Crippen molar-refractivity contribution in [2.24, 2.45) is 0 Å². The lowest BCUT2D eigenvalue weighted by Crippen LogP contribution is -2.33. The van der Waals surface area contributed by atoms with Crippen LogP contribution in [0.1, 0.15) is 51.0 Å². The Hall–Kier alpha value is -1.09. The van der Waals surface area contributed by atoms with E-state index in [2.05, 4.69) is 23.3 Å². The average Bonchev–Trinajstić information content (AvgIpc) is 2.40. The number of hydrogen-bond donors (Lipinski definition) is 1. The van der Waals surface area contributed by atoms with Crippen LogP contribution in [0.4, 0.5) is 0 Å². The Morgan fingerprint density at radius 1 is 1.33 bits per heavy atom. The van der Waals surface area contributed by atoms with E-state index in [0.717, 1.165) is 12.3 Å². The standard InChI is InChI=1S/C15H24N2O/c1-3-17-14-7-5-6-12(8-14)13-9-15(18-4-2)11-16-10-13/h9-12,14,17H,3-8H2,1-2H3. The van der Waals surface area contributed by atoms with Crippen molar-refractivity contribution in [3.8, 4) is 5.75 Å². The lowest BCUT2D eigenvalue weighted by Gasteiger charge is -2.29. The third-order valence-corrected chi connectivity index (χ3v) is 3.68. The van der Waals surface area contributed by atoms with Crippen LogP contribution in [0.15, 0.2) is 18.5 Å². The number of rotatable bonds is 5. The maximum Gasteiger partial charge on any atom is 0.137 e. The van der Waals surface area contributed by atoms with E-state index < -0.39 is 0 Å². The summed E-state index contributed by atoms with van der Waals surface area (Å²) in [6.45, 7) is 5.96. The van der Waals surface area contributed by atoms with E-state index in [9.17, 15) is 0 Å². The van der Waals surface area contributed by atoms with Gasteiger partial charge in [-0.2, -0.15) is 0 Å². The van der Waals surface area contributed by atoms with E-state index >= 15 is 0 Å². The Bertz CT molecular complexity index is 365.